The van der Waals surface area contributed by atoms with Crippen LogP contribution in [0.1, 0.15) is 17.9 Å². The van der Waals surface area contributed by atoms with Gasteiger partial charge in [-0.2, -0.15) is 0 Å². The number of nitrogens with zero attached hydrogens (tertiary/aromatic N) is 1. The molecule has 0 unspecified atom stereocenters. The molecule has 16 heavy (non-hydrogen) atoms. The largest absolute Gasteiger partial charge is 0.396 e. The number of hydrogen-bond acceptors (Lipinski definition) is 2. The highest BCUT2D eigenvalue weighted by atomic mass is 19.1. The molecule has 2 rings (SSSR count). The van der Waals surface area contributed by atoms with Crippen LogP contribution in [0.3, 0.4) is 0 Å². The van der Waals surface area contributed by atoms with Crippen molar-refractivity contribution in [2.45, 2.75) is 12.3 Å². The zero-order valence-corrected chi connectivity index (χ0v) is 9.53. The molecule has 88 valence electrons. The fourth-order valence-electron chi connectivity index (χ4n) is 2.53. The van der Waals surface area contributed by atoms with Crippen molar-refractivity contribution in [3.05, 3.63) is 35.6 Å². The fraction of sp³-hybridized carbons (Fsp3) is 0.538. The smallest absolute Gasteiger partial charge is 0.210 e. The summed E-state index contributed by atoms with van der Waals surface area (Å²) in [4.78, 5) is 2.25. The van der Waals surface area contributed by atoms with Gasteiger partial charge in [-0.15, -0.1) is 0 Å². The lowest BCUT2D eigenvalue weighted by Gasteiger charge is -2.36. The molecule has 0 spiro atoms. The summed E-state index contributed by atoms with van der Waals surface area (Å²) in [5, 5.41) is 4.55. The second-order valence-electron chi connectivity index (χ2n) is 4.64. The van der Waals surface area contributed by atoms with E-state index in [1.54, 1.807) is 0 Å². The highest BCUT2D eigenvalue weighted by molar-refractivity contribution is 5.22. The fourth-order valence-corrected chi connectivity index (χ4v) is 2.53. The lowest BCUT2D eigenvalue weighted by molar-refractivity contribution is 0.118. The van der Waals surface area contributed by atoms with E-state index in [-0.39, 0.29) is 5.82 Å². The molecule has 1 N–H and O–H groups in total. The molecule has 1 heterocycles. The number of hydrogen-bond donors (Lipinski definition) is 1. The van der Waals surface area contributed by atoms with Crippen LogP contribution in [0.15, 0.2) is 24.3 Å². The number of piperidine rings is 1. The Balaban J connectivity index is 2.14. The van der Waals surface area contributed by atoms with Crippen molar-refractivity contribution in [3.8, 4) is 0 Å². The van der Waals surface area contributed by atoms with Gasteiger partial charge >= 0.3 is 0 Å². The molecule has 1 fully saturated rings. The monoisotopic (exact) mass is 224 g/mol. The van der Waals surface area contributed by atoms with E-state index in [9.17, 15) is 4.39 Å². The third-order valence-electron chi connectivity index (χ3n) is 3.45. The average Bonchev–Trinajstić information content (AvgIpc) is 2.31. The van der Waals surface area contributed by atoms with Crippen LogP contribution in [0.2, 0.25) is 0 Å². The quantitative estimate of drug-likeness (QED) is 0.847. The molecule has 2 nitrogen and oxygen atoms in total. The van der Waals surface area contributed by atoms with Gasteiger partial charge in [0.15, 0.2) is 0 Å². The van der Waals surface area contributed by atoms with Gasteiger partial charge < -0.3 is 10.0 Å². The summed E-state index contributed by atoms with van der Waals surface area (Å²) >= 11 is 0. The average molecular weight is 224 g/mol. The van der Waals surface area contributed by atoms with Gasteiger partial charge in [-0.05, 0) is 43.6 Å². The molecule has 1 aliphatic heterocycles. The summed E-state index contributed by atoms with van der Waals surface area (Å²) < 4.78 is 19.8. The van der Waals surface area contributed by atoms with E-state index in [4.69, 9.17) is 1.43 Å². The summed E-state index contributed by atoms with van der Waals surface area (Å²) in [5.74, 6) is 0.490. The van der Waals surface area contributed by atoms with Crippen LogP contribution in [-0.4, -0.2) is 38.2 Å². The van der Waals surface area contributed by atoms with Gasteiger partial charge in [0.1, 0.15) is 5.82 Å². The first kappa shape index (κ1) is 10.2. The van der Waals surface area contributed by atoms with Gasteiger partial charge in [-0.3, -0.25) is 0 Å². The molecule has 1 aliphatic rings. The number of aliphatic hydroxyl groups is 1. The maximum absolute atomic E-state index is 12.9. The Kier molecular flexibility index (Phi) is 3.16. The van der Waals surface area contributed by atoms with Crippen molar-refractivity contribution in [2.75, 3.05) is 26.7 Å². The van der Waals surface area contributed by atoms with E-state index < -0.39 is 0 Å². The van der Waals surface area contributed by atoms with Crippen LogP contribution in [-0.2, 0) is 0 Å². The first-order chi connectivity index (χ1) is 8.20. The van der Waals surface area contributed by atoms with Crippen molar-refractivity contribution < 1.29 is 9.50 Å². The second kappa shape index (κ2) is 4.93. The molecule has 0 saturated carbocycles. The van der Waals surface area contributed by atoms with Crippen LogP contribution >= 0.6 is 0 Å². The molecule has 1 aromatic rings. The third-order valence-corrected chi connectivity index (χ3v) is 3.45. The summed E-state index contributed by atoms with van der Waals surface area (Å²) in [6.07, 6.45) is 1.04. The molecular weight excluding hydrogens is 205 g/mol. The normalized spacial score (nSPS) is 27.8. The lowest BCUT2D eigenvalue weighted by Crippen LogP contribution is -2.38. The highest BCUT2D eigenvalue weighted by Crippen LogP contribution is 2.32. The van der Waals surface area contributed by atoms with E-state index >= 15 is 0 Å². The third kappa shape index (κ3) is 2.42. The number of likely N-dealkylation sites (tertiary alicyclic amines) is 1. The Hall–Kier alpha value is -0.930. The standard InChI is InChI=1S/C13H18FNO/c1-15-7-6-13(11(8-15)9-16)10-2-4-12(14)5-3-10/h2-5,11,13,16H,6-9H2,1H3/t11-,13-/m0/s1/i16D. The number of halogens is 1. The van der Waals surface area contributed by atoms with Crippen molar-refractivity contribution in [1.29, 1.82) is 1.43 Å². The number of rotatable bonds is 3. The molecule has 1 saturated heterocycles. The van der Waals surface area contributed by atoms with E-state index in [1.807, 2.05) is 12.1 Å². The van der Waals surface area contributed by atoms with Gasteiger partial charge in [0.05, 0.1) is 0 Å². The summed E-state index contributed by atoms with van der Waals surface area (Å²) in [7, 11) is 2.08. The first-order valence-electron chi connectivity index (χ1n) is 6.13. The van der Waals surface area contributed by atoms with E-state index in [0.29, 0.717) is 18.4 Å². The Morgan fingerprint density at radius 1 is 1.50 bits per heavy atom. The van der Waals surface area contributed by atoms with Gasteiger partial charge in [0.25, 0.3) is 0 Å². The van der Waals surface area contributed by atoms with Crippen LogP contribution in [0.4, 0.5) is 4.39 Å². The van der Waals surface area contributed by atoms with Gasteiger partial charge in [-0.25, -0.2) is 4.39 Å². The molecule has 0 aliphatic carbocycles. The molecule has 0 aromatic heterocycles. The Morgan fingerprint density at radius 3 is 2.94 bits per heavy atom. The van der Waals surface area contributed by atoms with Crippen LogP contribution in [0, 0.1) is 11.7 Å². The minimum Gasteiger partial charge on any atom is -0.396 e. The van der Waals surface area contributed by atoms with Crippen molar-refractivity contribution >= 4 is 0 Å². The van der Waals surface area contributed by atoms with Crippen LogP contribution < -0.4 is 0 Å². The predicted molar refractivity (Wildman–Crippen MR) is 61.8 cm³/mol. The van der Waals surface area contributed by atoms with E-state index in [2.05, 4.69) is 17.1 Å². The molecule has 0 bridgehead atoms. The van der Waals surface area contributed by atoms with Crippen molar-refractivity contribution in [2.24, 2.45) is 5.92 Å². The number of aliphatic hydroxyl groups excluding tert-OH is 1. The Bertz CT molecular complexity index is 357. The van der Waals surface area contributed by atoms with Crippen LogP contribution in [0.25, 0.3) is 0 Å². The summed E-state index contributed by atoms with van der Waals surface area (Å²) in [6, 6.07) is 6.71. The Labute approximate surface area is 97.2 Å². The summed E-state index contributed by atoms with van der Waals surface area (Å²) in [5.41, 5.74) is 1.15. The van der Waals surface area contributed by atoms with Crippen molar-refractivity contribution in [3.63, 3.8) is 0 Å². The zero-order chi connectivity index (χ0) is 12.3. The van der Waals surface area contributed by atoms with E-state index in [1.165, 1.54) is 12.1 Å². The molecule has 0 radical (unpaired) electrons. The maximum Gasteiger partial charge on any atom is 0.210 e. The number of benzene rings is 1. The van der Waals surface area contributed by atoms with Crippen molar-refractivity contribution in [1.82, 2.24) is 4.90 Å². The molecular formula is C13H18FNO. The second-order valence-corrected chi connectivity index (χ2v) is 4.64. The lowest BCUT2D eigenvalue weighted by atomic mass is 9.81. The van der Waals surface area contributed by atoms with E-state index in [0.717, 1.165) is 25.1 Å². The minimum atomic E-state index is -0.199. The Morgan fingerprint density at radius 2 is 2.25 bits per heavy atom. The highest BCUT2D eigenvalue weighted by Gasteiger charge is 2.28. The van der Waals surface area contributed by atoms with Gasteiger partial charge in [-0.1, -0.05) is 12.1 Å². The van der Waals surface area contributed by atoms with Gasteiger partial charge in [0, 0.05) is 19.1 Å². The molecule has 2 atom stereocenters. The zero-order valence-electron chi connectivity index (χ0n) is 10.5. The van der Waals surface area contributed by atoms with Gasteiger partial charge in [0.2, 0.25) is 1.43 Å². The first-order valence-corrected chi connectivity index (χ1v) is 5.73. The summed E-state index contributed by atoms with van der Waals surface area (Å²) in [6.45, 7) is 2.41. The van der Waals surface area contributed by atoms with Crippen LogP contribution in [0.5, 0.6) is 0 Å². The molecule has 3 heteroatoms. The predicted octanol–water partition coefficient (Wildman–Crippen LogP) is 1.85. The maximum atomic E-state index is 12.9. The molecule has 1 aromatic carbocycles. The topological polar surface area (TPSA) is 23.5 Å². The SMILES string of the molecule is [2H]OC[C@@H]1CN(C)CC[C@H]1c1ccc(F)cc1. The molecule has 0 amide bonds. The minimum absolute atomic E-state index is 0.199.